The van der Waals surface area contributed by atoms with Gasteiger partial charge in [-0.15, -0.1) is 0 Å². The fraction of sp³-hybridized carbons (Fsp3) is 0.267. The van der Waals surface area contributed by atoms with Gasteiger partial charge >= 0.3 is 6.18 Å². The zero-order valence-corrected chi connectivity index (χ0v) is 15.8. The molecule has 1 aromatic heterocycles. The summed E-state index contributed by atoms with van der Waals surface area (Å²) in [5, 5.41) is 0. The van der Waals surface area contributed by atoms with E-state index < -0.39 is 21.6 Å². The second-order valence-corrected chi connectivity index (χ2v) is 7.94. The summed E-state index contributed by atoms with van der Waals surface area (Å²) in [4.78, 5) is 3.81. The van der Waals surface area contributed by atoms with Gasteiger partial charge in [-0.25, -0.2) is 13.4 Å². The van der Waals surface area contributed by atoms with Crippen molar-refractivity contribution in [1.29, 1.82) is 0 Å². The second-order valence-electron chi connectivity index (χ2n) is 4.97. The van der Waals surface area contributed by atoms with Gasteiger partial charge in [0.1, 0.15) is 5.82 Å². The van der Waals surface area contributed by atoms with Gasteiger partial charge in [-0.05, 0) is 28.4 Å². The van der Waals surface area contributed by atoms with E-state index >= 15 is 0 Å². The number of imidazole rings is 1. The van der Waals surface area contributed by atoms with E-state index in [1.807, 2.05) is 22.6 Å². The Morgan fingerprint density at radius 3 is 2.54 bits per heavy atom. The summed E-state index contributed by atoms with van der Waals surface area (Å²) in [5.41, 5.74) is -0.139. The standard InChI is InChI=1S/C15H14F3IN2O2S/c1-3-24(22,23)13-8-10(15(16,17)18)4-5-12(13)14-20-9-11(6-7-19)21(14)2/h4-9H,3H2,1-2H3/b7-6+. The average molecular weight is 470 g/mol. The van der Waals surface area contributed by atoms with Crippen molar-refractivity contribution in [2.45, 2.75) is 18.0 Å². The largest absolute Gasteiger partial charge is 0.416 e. The van der Waals surface area contributed by atoms with Gasteiger partial charge in [0.25, 0.3) is 0 Å². The molecule has 0 saturated heterocycles. The quantitative estimate of drug-likeness (QED) is 0.627. The Morgan fingerprint density at radius 1 is 1.33 bits per heavy atom. The first kappa shape index (κ1) is 19.0. The molecule has 0 fully saturated rings. The Morgan fingerprint density at radius 2 is 2.00 bits per heavy atom. The highest BCUT2D eigenvalue weighted by Gasteiger charge is 2.33. The molecule has 0 atom stereocenters. The van der Waals surface area contributed by atoms with Crippen LogP contribution < -0.4 is 0 Å². The summed E-state index contributed by atoms with van der Waals surface area (Å²) in [6, 6.07) is 2.70. The first-order chi connectivity index (χ1) is 11.1. The third-order valence-electron chi connectivity index (χ3n) is 3.52. The maximum Gasteiger partial charge on any atom is 0.416 e. The summed E-state index contributed by atoms with van der Waals surface area (Å²) < 4.78 is 66.8. The van der Waals surface area contributed by atoms with Crippen LogP contribution in [-0.2, 0) is 23.1 Å². The lowest BCUT2D eigenvalue weighted by Gasteiger charge is -2.13. The molecule has 2 rings (SSSR count). The first-order valence-corrected chi connectivity index (χ1v) is 9.74. The Hall–Kier alpha value is -1.36. The van der Waals surface area contributed by atoms with Crippen molar-refractivity contribution in [2.75, 3.05) is 5.75 Å². The van der Waals surface area contributed by atoms with Crippen LogP contribution >= 0.6 is 22.6 Å². The Labute approximate surface area is 151 Å². The van der Waals surface area contributed by atoms with Crippen molar-refractivity contribution < 1.29 is 21.6 Å². The maximum absolute atomic E-state index is 13.0. The molecule has 0 aliphatic carbocycles. The molecule has 0 saturated carbocycles. The Balaban J connectivity index is 2.75. The van der Waals surface area contributed by atoms with E-state index in [0.717, 1.165) is 12.1 Å². The molecule has 0 radical (unpaired) electrons. The van der Waals surface area contributed by atoms with Crippen molar-refractivity contribution in [2.24, 2.45) is 7.05 Å². The Kier molecular flexibility index (Phi) is 5.43. The number of hydrogen-bond acceptors (Lipinski definition) is 3. The molecule has 130 valence electrons. The predicted molar refractivity (Wildman–Crippen MR) is 94.4 cm³/mol. The van der Waals surface area contributed by atoms with Gasteiger partial charge in [-0.2, -0.15) is 13.2 Å². The molecule has 0 N–H and O–H groups in total. The van der Waals surface area contributed by atoms with Crippen LogP contribution in [0.2, 0.25) is 0 Å². The monoisotopic (exact) mass is 470 g/mol. The molecular weight excluding hydrogens is 456 g/mol. The van der Waals surface area contributed by atoms with Crippen LogP contribution in [0, 0.1) is 0 Å². The first-order valence-electron chi connectivity index (χ1n) is 6.84. The zero-order chi connectivity index (χ0) is 18.1. The molecule has 0 aliphatic heterocycles. The van der Waals surface area contributed by atoms with Gasteiger partial charge in [0.05, 0.1) is 28.1 Å². The van der Waals surface area contributed by atoms with E-state index in [4.69, 9.17) is 0 Å². The minimum absolute atomic E-state index is 0.153. The van der Waals surface area contributed by atoms with Crippen LogP contribution in [0.25, 0.3) is 17.5 Å². The fourth-order valence-electron chi connectivity index (χ4n) is 2.19. The summed E-state index contributed by atoms with van der Waals surface area (Å²) >= 11 is 2.03. The van der Waals surface area contributed by atoms with Crippen molar-refractivity contribution in [3.63, 3.8) is 0 Å². The number of nitrogens with zero attached hydrogens (tertiary/aromatic N) is 2. The lowest BCUT2D eigenvalue weighted by atomic mass is 10.1. The smallest absolute Gasteiger partial charge is 0.328 e. The van der Waals surface area contributed by atoms with Crippen LogP contribution in [0.5, 0.6) is 0 Å². The lowest BCUT2D eigenvalue weighted by molar-refractivity contribution is -0.137. The zero-order valence-electron chi connectivity index (χ0n) is 12.8. The SMILES string of the molecule is CCS(=O)(=O)c1cc(C(F)(F)F)ccc1-c1ncc(/C=C/I)n1C. The number of sulfone groups is 1. The summed E-state index contributed by atoms with van der Waals surface area (Å²) in [6.07, 6.45) is -1.33. The molecule has 0 unspecified atom stereocenters. The molecule has 9 heteroatoms. The molecule has 0 spiro atoms. The molecule has 0 aliphatic rings. The minimum atomic E-state index is -4.62. The summed E-state index contributed by atoms with van der Waals surface area (Å²) in [5.74, 6) is -0.00746. The molecule has 1 aromatic carbocycles. The molecule has 1 heterocycles. The molecule has 2 aromatic rings. The summed E-state index contributed by atoms with van der Waals surface area (Å²) in [7, 11) is -2.18. The molecule has 24 heavy (non-hydrogen) atoms. The fourth-order valence-corrected chi connectivity index (χ4v) is 3.67. The number of aromatic nitrogens is 2. The van der Waals surface area contributed by atoms with Crippen LogP contribution in [-0.4, -0.2) is 23.7 Å². The summed E-state index contributed by atoms with van der Waals surface area (Å²) in [6.45, 7) is 1.39. The Bertz CT molecular complexity index is 887. The van der Waals surface area contributed by atoms with Crippen LogP contribution in [0.3, 0.4) is 0 Å². The van der Waals surface area contributed by atoms with Gasteiger partial charge in [0.2, 0.25) is 0 Å². The van der Waals surface area contributed by atoms with E-state index in [0.29, 0.717) is 17.6 Å². The van der Waals surface area contributed by atoms with Crippen molar-refractivity contribution in [3.05, 3.63) is 39.7 Å². The number of halogens is 4. The van der Waals surface area contributed by atoms with E-state index in [1.165, 1.54) is 13.1 Å². The normalized spacial score (nSPS) is 12.9. The number of benzene rings is 1. The number of rotatable bonds is 4. The highest BCUT2D eigenvalue weighted by molar-refractivity contribution is 14.1. The van der Waals surface area contributed by atoms with Crippen molar-refractivity contribution in [1.82, 2.24) is 9.55 Å². The van der Waals surface area contributed by atoms with Gasteiger partial charge < -0.3 is 4.57 Å². The van der Waals surface area contributed by atoms with E-state index in [2.05, 4.69) is 4.98 Å². The van der Waals surface area contributed by atoms with Gasteiger partial charge in [0, 0.05) is 12.6 Å². The minimum Gasteiger partial charge on any atom is -0.328 e. The lowest BCUT2D eigenvalue weighted by Crippen LogP contribution is -2.11. The van der Waals surface area contributed by atoms with Crippen LogP contribution in [0.15, 0.2) is 33.4 Å². The molecule has 0 bridgehead atoms. The molecule has 4 nitrogen and oxygen atoms in total. The third-order valence-corrected chi connectivity index (χ3v) is 5.65. The molecule has 0 amide bonds. The average Bonchev–Trinajstić information content (AvgIpc) is 2.87. The van der Waals surface area contributed by atoms with Crippen molar-refractivity contribution in [3.8, 4) is 11.4 Å². The van der Waals surface area contributed by atoms with E-state index in [9.17, 15) is 21.6 Å². The third kappa shape index (κ3) is 3.66. The second kappa shape index (κ2) is 6.87. The molecular formula is C15H14F3IN2O2S. The van der Waals surface area contributed by atoms with Gasteiger partial charge in [-0.3, -0.25) is 0 Å². The van der Waals surface area contributed by atoms with E-state index in [-0.39, 0.29) is 16.2 Å². The predicted octanol–water partition coefficient (Wildman–Crippen LogP) is 4.31. The van der Waals surface area contributed by atoms with Crippen LogP contribution in [0.1, 0.15) is 18.2 Å². The van der Waals surface area contributed by atoms with Gasteiger partial charge in [0.15, 0.2) is 9.84 Å². The van der Waals surface area contributed by atoms with E-state index in [1.54, 1.807) is 21.8 Å². The number of hydrogen-bond donors (Lipinski definition) is 0. The highest BCUT2D eigenvalue weighted by atomic mass is 127. The van der Waals surface area contributed by atoms with Crippen LogP contribution in [0.4, 0.5) is 13.2 Å². The topological polar surface area (TPSA) is 52.0 Å². The maximum atomic E-state index is 13.0. The van der Waals surface area contributed by atoms with Gasteiger partial charge in [-0.1, -0.05) is 29.5 Å². The number of alkyl halides is 3. The van der Waals surface area contributed by atoms with Crippen molar-refractivity contribution >= 4 is 38.5 Å². The highest BCUT2D eigenvalue weighted by Crippen LogP contribution is 2.35.